The Bertz CT molecular complexity index is 866. The first-order valence-electron chi connectivity index (χ1n) is 7.92. The molecule has 1 unspecified atom stereocenters. The zero-order valence-electron chi connectivity index (χ0n) is 13.4. The van der Waals surface area contributed by atoms with Gasteiger partial charge in [0, 0.05) is 18.0 Å². The lowest BCUT2D eigenvalue weighted by atomic mass is 10.0. The molecule has 0 spiro atoms. The molecule has 1 heterocycles. The minimum Gasteiger partial charge on any atom is -0.298 e. The van der Waals surface area contributed by atoms with E-state index in [4.69, 9.17) is 11.6 Å². The predicted molar refractivity (Wildman–Crippen MR) is 95.9 cm³/mol. The standard InChI is InChI=1S/C18H17ClFNO3S/c19-14-10-13(11-15(20)12-14)6-7-17(22)18-8-9-21(25(18,23)24)16-4-2-1-3-5-16/h1-5,10-12,18H,6-9H2. The van der Waals surface area contributed by atoms with Crippen molar-refractivity contribution in [3.63, 3.8) is 0 Å². The molecule has 1 aliphatic heterocycles. The summed E-state index contributed by atoms with van der Waals surface area (Å²) in [7, 11) is -3.72. The fourth-order valence-corrected chi connectivity index (χ4v) is 5.23. The highest BCUT2D eigenvalue weighted by molar-refractivity contribution is 7.94. The Morgan fingerprint density at radius 3 is 2.60 bits per heavy atom. The lowest BCUT2D eigenvalue weighted by molar-refractivity contribution is -0.118. The molecule has 0 saturated carbocycles. The fraction of sp³-hybridized carbons (Fsp3) is 0.278. The number of carbonyl (C=O) groups excluding carboxylic acids is 1. The number of hydrogen-bond acceptors (Lipinski definition) is 3. The Morgan fingerprint density at radius 1 is 1.20 bits per heavy atom. The largest absolute Gasteiger partial charge is 0.298 e. The third kappa shape index (κ3) is 3.85. The van der Waals surface area contributed by atoms with Gasteiger partial charge in [-0.15, -0.1) is 0 Å². The molecule has 2 aromatic carbocycles. The Hall–Kier alpha value is -1.92. The summed E-state index contributed by atoms with van der Waals surface area (Å²) in [6.45, 7) is 0.286. The van der Waals surface area contributed by atoms with Gasteiger partial charge in [0.15, 0.2) is 5.78 Å². The van der Waals surface area contributed by atoms with Gasteiger partial charge >= 0.3 is 0 Å². The van der Waals surface area contributed by atoms with Gasteiger partial charge in [-0.25, -0.2) is 12.8 Å². The highest BCUT2D eigenvalue weighted by Crippen LogP contribution is 2.29. The first kappa shape index (κ1) is 17.9. The van der Waals surface area contributed by atoms with Crippen LogP contribution >= 0.6 is 11.6 Å². The molecule has 1 atom stereocenters. The van der Waals surface area contributed by atoms with Crippen molar-refractivity contribution in [1.29, 1.82) is 0 Å². The molecule has 0 radical (unpaired) electrons. The van der Waals surface area contributed by atoms with Gasteiger partial charge in [-0.3, -0.25) is 9.10 Å². The van der Waals surface area contributed by atoms with Gasteiger partial charge in [-0.2, -0.15) is 0 Å². The third-order valence-electron chi connectivity index (χ3n) is 4.25. The lowest BCUT2D eigenvalue weighted by Gasteiger charge is -2.18. The SMILES string of the molecule is O=C(CCc1cc(F)cc(Cl)c1)C1CCN(c2ccccc2)S1(=O)=O. The molecule has 7 heteroatoms. The van der Waals surface area contributed by atoms with Crippen molar-refractivity contribution in [2.75, 3.05) is 10.8 Å². The summed E-state index contributed by atoms with van der Waals surface area (Å²) >= 11 is 5.80. The van der Waals surface area contributed by atoms with Crippen molar-refractivity contribution < 1.29 is 17.6 Å². The number of rotatable bonds is 5. The van der Waals surface area contributed by atoms with E-state index < -0.39 is 21.1 Å². The molecule has 2 aromatic rings. The molecule has 0 amide bonds. The highest BCUT2D eigenvalue weighted by atomic mass is 35.5. The van der Waals surface area contributed by atoms with Gasteiger partial charge in [-0.05, 0) is 48.7 Å². The van der Waals surface area contributed by atoms with Crippen LogP contribution in [0.4, 0.5) is 10.1 Å². The smallest absolute Gasteiger partial charge is 0.245 e. The second-order valence-electron chi connectivity index (χ2n) is 5.97. The van der Waals surface area contributed by atoms with Crippen LogP contribution in [0.1, 0.15) is 18.4 Å². The van der Waals surface area contributed by atoms with Crippen LogP contribution in [0.15, 0.2) is 48.5 Å². The van der Waals surface area contributed by atoms with Gasteiger partial charge in [0.2, 0.25) is 10.0 Å². The molecular formula is C18H17ClFNO3S. The van der Waals surface area contributed by atoms with Gasteiger partial charge in [-0.1, -0.05) is 29.8 Å². The molecule has 132 valence electrons. The molecule has 1 fully saturated rings. The van der Waals surface area contributed by atoms with Crippen LogP contribution in [0.2, 0.25) is 5.02 Å². The number of benzene rings is 2. The summed E-state index contributed by atoms with van der Waals surface area (Å²) in [5.41, 5.74) is 1.14. The van der Waals surface area contributed by atoms with Gasteiger partial charge in [0.1, 0.15) is 11.1 Å². The Balaban J connectivity index is 1.70. The summed E-state index contributed by atoms with van der Waals surface area (Å²) in [6.07, 6.45) is 0.556. The number of aryl methyl sites for hydroxylation is 1. The Morgan fingerprint density at radius 2 is 1.92 bits per heavy atom. The lowest BCUT2D eigenvalue weighted by Crippen LogP contribution is -2.33. The molecule has 1 aliphatic rings. The molecule has 0 bridgehead atoms. The van der Waals surface area contributed by atoms with E-state index in [1.165, 1.54) is 16.4 Å². The van der Waals surface area contributed by atoms with E-state index in [1.54, 1.807) is 36.4 Å². The fourth-order valence-electron chi connectivity index (χ4n) is 3.05. The van der Waals surface area contributed by atoms with Crippen LogP contribution in [-0.2, 0) is 21.2 Å². The number of anilines is 1. The van der Waals surface area contributed by atoms with Crippen LogP contribution in [0, 0.1) is 5.82 Å². The van der Waals surface area contributed by atoms with E-state index in [-0.39, 0.29) is 36.6 Å². The predicted octanol–water partition coefficient (Wildman–Crippen LogP) is 3.59. The maximum absolute atomic E-state index is 13.3. The second kappa shape index (κ2) is 7.14. The first-order valence-corrected chi connectivity index (χ1v) is 9.80. The summed E-state index contributed by atoms with van der Waals surface area (Å²) < 4.78 is 40.0. The molecular weight excluding hydrogens is 365 g/mol. The number of Topliss-reactive ketones (excluding diaryl/α,β-unsaturated/α-hetero) is 1. The van der Waals surface area contributed by atoms with Crippen LogP contribution in [-0.4, -0.2) is 26.0 Å². The minimum absolute atomic E-state index is 0.0340. The normalized spacial score (nSPS) is 19.1. The first-order chi connectivity index (χ1) is 11.9. The van der Waals surface area contributed by atoms with E-state index in [9.17, 15) is 17.6 Å². The van der Waals surface area contributed by atoms with Crippen LogP contribution < -0.4 is 4.31 Å². The summed E-state index contributed by atoms with van der Waals surface area (Å²) in [4.78, 5) is 12.4. The third-order valence-corrected chi connectivity index (χ3v) is 6.69. The zero-order valence-corrected chi connectivity index (χ0v) is 14.9. The maximum atomic E-state index is 13.3. The molecule has 0 aromatic heterocycles. The number of nitrogens with zero attached hydrogens (tertiary/aromatic N) is 1. The number of ketones is 1. The number of halogens is 2. The molecule has 4 nitrogen and oxygen atoms in total. The van der Waals surface area contributed by atoms with Crippen LogP contribution in [0.3, 0.4) is 0 Å². The van der Waals surface area contributed by atoms with E-state index in [0.29, 0.717) is 11.3 Å². The minimum atomic E-state index is -3.72. The zero-order chi connectivity index (χ0) is 18.0. The van der Waals surface area contributed by atoms with Crippen LogP contribution in [0.5, 0.6) is 0 Å². The van der Waals surface area contributed by atoms with E-state index in [1.807, 2.05) is 0 Å². The number of hydrogen-bond donors (Lipinski definition) is 0. The Labute approximate surface area is 151 Å². The Kier molecular flexibility index (Phi) is 5.11. The van der Waals surface area contributed by atoms with Crippen molar-refractivity contribution in [2.24, 2.45) is 0 Å². The van der Waals surface area contributed by atoms with Crippen molar-refractivity contribution in [1.82, 2.24) is 0 Å². The summed E-state index contributed by atoms with van der Waals surface area (Å²) in [6, 6.07) is 12.8. The average Bonchev–Trinajstić information content (AvgIpc) is 2.87. The monoisotopic (exact) mass is 381 g/mol. The number of sulfonamides is 1. The van der Waals surface area contributed by atoms with Crippen molar-refractivity contribution in [3.8, 4) is 0 Å². The number of para-hydroxylation sites is 1. The topological polar surface area (TPSA) is 54.5 Å². The second-order valence-corrected chi connectivity index (χ2v) is 8.45. The van der Waals surface area contributed by atoms with Gasteiger partial charge in [0.25, 0.3) is 0 Å². The summed E-state index contributed by atoms with van der Waals surface area (Å²) in [5, 5.41) is -0.789. The van der Waals surface area contributed by atoms with Crippen molar-refractivity contribution >= 4 is 33.1 Å². The summed E-state index contributed by atoms with van der Waals surface area (Å²) in [5.74, 6) is -0.822. The number of carbonyl (C=O) groups is 1. The van der Waals surface area contributed by atoms with Crippen molar-refractivity contribution in [3.05, 3.63) is 64.9 Å². The average molecular weight is 382 g/mol. The van der Waals surface area contributed by atoms with E-state index >= 15 is 0 Å². The van der Waals surface area contributed by atoms with Crippen LogP contribution in [0.25, 0.3) is 0 Å². The van der Waals surface area contributed by atoms with E-state index in [2.05, 4.69) is 0 Å². The molecule has 0 aliphatic carbocycles. The molecule has 25 heavy (non-hydrogen) atoms. The maximum Gasteiger partial charge on any atom is 0.245 e. The van der Waals surface area contributed by atoms with Gasteiger partial charge < -0.3 is 0 Å². The molecule has 1 saturated heterocycles. The van der Waals surface area contributed by atoms with Gasteiger partial charge in [0.05, 0.1) is 5.69 Å². The molecule has 3 rings (SSSR count). The van der Waals surface area contributed by atoms with Crippen molar-refractivity contribution in [2.45, 2.75) is 24.5 Å². The molecule has 0 N–H and O–H groups in total. The highest BCUT2D eigenvalue weighted by Gasteiger charge is 2.42. The quantitative estimate of drug-likeness (QED) is 0.795. The van der Waals surface area contributed by atoms with E-state index in [0.717, 1.165) is 0 Å².